The van der Waals surface area contributed by atoms with Crippen LogP contribution in [-0.2, 0) is 23.2 Å². The number of aryl methyl sites for hydroxylation is 1. The van der Waals surface area contributed by atoms with E-state index < -0.39 is 5.60 Å². The normalized spacial score (nSPS) is 17.8. The van der Waals surface area contributed by atoms with Crippen LogP contribution in [0, 0.1) is 0 Å². The molecule has 0 saturated heterocycles. The van der Waals surface area contributed by atoms with Crippen molar-refractivity contribution in [2.75, 3.05) is 6.54 Å². The first-order valence-electron chi connectivity index (χ1n) is 7.29. The molecule has 1 aliphatic heterocycles. The Bertz CT molecular complexity index is 526. The number of hydrogen-bond donors (Lipinski definition) is 1. The molecule has 0 saturated carbocycles. The van der Waals surface area contributed by atoms with Gasteiger partial charge in [-0.1, -0.05) is 39.0 Å². The van der Waals surface area contributed by atoms with Gasteiger partial charge in [0.05, 0.1) is 0 Å². The molecule has 20 heavy (non-hydrogen) atoms. The van der Waals surface area contributed by atoms with Gasteiger partial charge < -0.3 is 10.0 Å². The van der Waals surface area contributed by atoms with Crippen molar-refractivity contribution < 1.29 is 9.90 Å². The minimum absolute atomic E-state index is 0.0826. The fourth-order valence-electron chi connectivity index (χ4n) is 3.01. The van der Waals surface area contributed by atoms with Gasteiger partial charge in [-0.25, -0.2) is 0 Å². The molecule has 0 spiro atoms. The predicted octanol–water partition coefficient (Wildman–Crippen LogP) is 2.64. The molecule has 1 amide bonds. The van der Waals surface area contributed by atoms with Crippen LogP contribution in [0.5, 0.6) is 0 Å². The van der Waals surface area contributed by atoms with Crippen LogP contribution in [0.1, 0.15) is 51.3 Å². The molecule has 0 unspecified atom stereocenters. The topological polar surface area (TPSA) is 40.5 Å². The monoisotopic (exact) mass is 275 g/mol. The van der Waals surface area contributed by atoms with Gasteiger partial charge in [-0.05, 0) is 37.0 Å². The van der Waals surface area contributed by atoms with Crippen molar-refractivity contribution in [3.63, 3.8) is 0 Å². The van der Waals surface area contributed by atoms with Gasteiger partial charge in [-0.2, -0.15) is 0 Å². The van der Waals surface area contributed by atoms with Crippen LogP contribution in [0.2, 0.25) is 0 Å². The first-order chi connectivity index (χ1) is 9.15. The number of amides is 1. The maximum Gasteiger partial charge on any atom is 0.254 e. The largest absolute Gasteiger partial charge is 0.381 e. The zero-order valence-corrected chi connectivity index (χ0v) is 13.2. The van der Waals surface area contributed by atoms with Crippen molar-refractivity contribution in [1.29, 1.82) is 0 Å². The highest BCUT2D eigenvalue weighted by molar-refractivity contribution is 5.84. The fraction of sp³-hybridized carbons (Fsp3) is 0.588. The van der Waals surface area contributed by atoms with Gasteiger partial charge >= 0.3 is 0 Å². The molecular formula is C17H25NO2. The number of fused-ring (bicyclic) bond motifs is 1. The fourth-order valence-corrected chi connectivity index (χ4v) is 3.01. The Morgan fingerprint density at radius 2 is 2.05 bits per heavy atom. The summed E-state index contributed by atoms with van der Waals surface area (Å²) in [5.74, 6) is -0.196. The summed E-state index contributed by atoms with van der Waals surface area (Å²) in [5, 5.41) is 9.97. The van der Waals surface area contributed by atoms with E-state index in [1.54, 1.807) is 18.7 Å². The summed E-state index contributed by atoms with van der Waals surface area (Å²) in [7, 11) is 0. The number of hydrogen-bond acceptors (Lipinski definition) is 2. The van der Waals surface area contributed by atoms with Gasteiger partial charge in [-0.15, -0.1) is 0 Å². The molecule has 110 valence electrons. The molecule has 0 radical (unpaired) electrons. The lowest BCUT2D eigenvalue weighted by molar-refractivity contribution is -0.149. The lowest BCUT2D eigenvalue weighted by Crippen LogP contribution is -2.51. The second kappa shape index (κ2) is 4.88. The molecule has 1 aromatic rings. The van der Waals surface area contributed by atoms with E-state index in [0.29, 0.717) is 13.1 Å². The Hall–Kier alpha value is -1.35. The number of rotatable bonds is 2. The SMILES string of the molecule is CCc1ccc2c(c1)CN(C(=O)C(C)(C)O)CC2(C)C. The number of benzene rings is 1. The van der Waals surface area contributed by atoms with Gasteiger partial charge in [0, 0.05) is 18.5 Å². The van der Waals surface area contributed by atoms with Crippen molar-refractivity contribution in [2.45, 2.75) is 58.6 Å². The molecule has 0 atom stereocenters. The highest BCUT2D eigenvalue weighted by Gasteiger charge is 2.38. The van der Waals surface area contributed by atoms with Gasteiger partial charge in [0.25, 0.3) is 5.91 Å². The van der Waals surface area contributed by atoms with Gasteiger partial charge in [0.15, 0.2) is 0 Å². The van der Waals surface area contributed by atoms with E-state index in [-0.39, 0.29) is 11.3 Å². The summed E-state index contributed by atoms with van der Waals surface area (Å²) >= 11 is 0. The van der Waals surface area contributed by atoms with Crippen LogP contribution in [0.25, 0.3) is 0 Å². The predicted molar refractivity (Wildman–Crippen MR) is 80.6 cm³/mol. The van der Waals surface area contributed by atoms with Crippen LogP contribution in [0.15, 0.2) is 18.2 Å². The summed E-state index contributed by atoms with van der Waals surface area (Å²) in [6.07, 6.45) is 0.993. The van der Waals surface area contributed by atoms with Crippen molar-refractivity contribution in [3.8, 4) is 0 Å². The molecule has 0 bridgehead atoms. The van der Waals surface area contributed by atoms with Crippen molar-refractivity contribution in [3.05, 3.63) is 34.9 Å². The average Bonchev–Trinajstić information content (AvgIpc) is 2.35. The van der Waals surface area contributed by atoms with Crippen molar-refractivity contribution >= 4 is 5.91 Å². The molecule has 0 aliphatic carbocycles. The molecule has 2 rings (SSSR count). The van der Waals surface area contributed by atoms with Crippen LogP contribution in [0.3, 0.4) is 0 Å². The number of carbonyl (C=O) groups is 1. The van der Waals surface area contributed by atoms with Crippen LogP contribution in [0.4, 0.5) is 0 Å². The lowest BCUT2D eigenvalue weighted by Gasteiger charge is -2.42. The third kappa shape index (κ3) is 2.73. The average molecular weight is 275 g/mol. The summed E-state index contributed by atoms with van der Waals surface area (Å²) in [4.78, 5) is 14.1. The highest BCUT2D eigenvalue weighted by atomic mass is 16.3. The van der Waals surface area contributed by atoms with Crippen LogP contribution < -0.4 is 0 Å². The van der Waals surface area contributed by atoms with Crippen molar-refractivity contribution in [2.24, 2.45) is 0 Å². The second-order valence-corrected chi connectivity index (χ2v) is 6.95. The number of aliphatic hydroxyl groups is 1. The summed E-state index contributed by atoms with van der Waals surface area (Å²) < 4.78 is 0. The van der Waals surface area contributed by atoms with Crippen molar-refractivity contribution in [1.82, 2.24) is 4.90 Å². The molecule has 1 N–H and O–H groups in total. The molecule has 0 fully saturated rings. The Balaban J connectivity index is 2.39. The Labute approximate surface area is 121 Å². The summed E-state index contributed by atoms with van der Waals surface area (Å²) in [6.45, 7) is 10.8. The Morgan fingerprint density at radius 3 is 2.60 bits per heavy atom. The number of carbonyl (C=O) groups excluding carboxylic acids is 1. The number of nitrogens with zero attached hydrogens (tertiary/aromatic N) is 1. The standard InChI is InChI=1S/C17H25NO2/c1-6-12-7-8-14-13(9-12)10-18(11-16(14,2)3)15(19)17(4,5)20/h7-9,20H,6,10-11H2,1-5H3. The third-order valence-electron chi connectivity index (χ3n) is 4.06. The zero-order valence-electron chi connectivity index (χ0n) is 13.2. The van der Waals surface area contributed by atoms with Crippen LogP contribution >= 0.6 is 0 Å². The molecule has 1 aliphatic rings. The van der Waals surface area contributed by atoms with E-state index in [0.717, 1.165) is 6.42 Å². The van der Waals surface area contributed by atoms with E-state index in [1.165, 1.54) is 16.7 Å². The van der Waals surface area contributed by atoms with Crippen LogP contribution in [-0.4, -0.2) is 28.1 Å². The van der Waals surface area contributed by atoms with Gasteiger partial charge in [0.1, 0.15) is 5.60 Å². The summed E-state index contributed by atoms with van der Waals surface area (Å²) in [6, 6.07) is 6.56. The quantitative estimate of drug-likeness (QED) is 0.901. The Morgan fingerprint density at radius 1 is 1.40 bits per heavy atom. The minimum atomic E-state index is -1.31. The first kappa shape index (κ1) is 15.0. The van der Waals surface area contributed by atoms with E-state index in [1.807, 2.05) is 0 Å². The molecule has 3 heteroatoms. The molecule has 3 nitrogen and oxygen atoms in total. The summed E-state index contributed by atoms with van der Waals surface area (Å²) in [5.41, 5.74) is 2.42. The van der Waals surface area contributed by atoms with E-state index >= 15 is 0 Å². The highest BCUT2D eigenvalue weighted by Crippen LogP contribution is 2.34. The first-order valence-corrected chi connectivity index (χ1v) is 7.29. The Kier molecular flexibility index (Phi) is 3.67. The van der Waals surface area contributed by atoms with E-state index in [4.69, 9.17) is 0 Å². The zero-order chi connectivity index (χ0) is 15.1. The maximum atomic E-state index is 12.3. The molecular weight excluding hydrogens is 250 g/mol. The maximum absolute atomic E-state index is 12.3. The molecule has 1 heterocycles. The second-order valence-electron chi connectivity index (χ2n) is 6.95. The third-order valence-corrected chi connectivity index (χ3v) is 4.06. The van der Waals surface area contributed by atoms with Gasteiger partial charge in [0.2, 0.25) is 0 Å². The minimum Gasteiger partial charge on any atom is -0.381 e. The van der Waals surface area contributed by atoms with E-state index in [9.17, 15) is 9.90 Å². The van der Waals surface area contributed by atoms with Gasteiger partial charge in [-0.3, -0.25) is 4.79 Å². The lowest BCUT2D eigenvalue weighted by atomic mass is 9.77. The smallest absolute Gasteiger partial charge is 0.254 e. The molecule has 1 aromatic carbocycles. The van der Waals surface area contributed by atoms with E-state index in [2.05, 4.69) is 39.0 Å². The molecule has 0 aromatic heterocycles.